The zero-order valence-corrected chi connectivity index (χ0v) is 11.7. The van der Waals surface area contributed by atoms with Crippen LogP contribution in [0.5, 0.6) is 0 Å². The third kappa shape index (κ3) is 1.96. The first-order chi connectivity index (χ1) is 8.60. The van der Waals surface area contributed by atoms with Crippen LogP contribution in [0.15, 0.2) is 0 Å². The number of nitrogens with one attached hydrogen (secondary N) is 1. The average molecular weight is 248 g/mol. The fraction of sp³-hybridized carbons (Fsp3) is 0.857. The molecule has 1 aliphatic carbocycles. The van der Waals surface area contributed by atoms with E-state index in [2.05, 4.69) is 40.9 Å². The number of hydrogen-bond donors (Lipinski definition) is 1. The van der Waals surface area contributed by atoms with Crippen molar-refractivity contribution in [3.05, 3.63) is 11.6 Å². The molecule has 1 atom stereocenters. The van der Waals surface area contributed by atoms with Crippen molar-refractivity contribution in [2.75, 3.05) is 13.1 Å². The molecule has 1 unspecified atom stereocenters. The standard InChI is InChI=1S/C14H24N4/c1-10-16-17-13(18(10)12-6-7-12)14(2,3)11-5-4-8-15-9-11/h11-12,15H,4-9H2,1-3H3. The van der Waals surface area contributed by atoms with Crippen molar-refractivity contribution >= 4 is 0 Å². The lowest BCUT2D eigenvalue weighted by atomic mass is 9.74. The summed E-state index contributed by atoms with van der Waals surface area (Å²) in [5, 5.41) is 12.4. The third-order valence-electron chi connectivity index (χ3n) is 4.67. The maximum atomic E-state index is 4.51. The Kier molecular flexibility index (Phi) is 2.93. The van der Waals surface area contributed by atoms with Gasteiger partial charge in [-0.05, 0) is 51.6 Å². The second kappa shape index (κ2) is 4.34. The highest BCUT2D eigenvalue weighted by Crippen LogP contribution is 2.42. The first-order valence-corrected chi connectivity index (χ1v) is 7.23. The molecule has 4 heteroatoms. The SMILES string of the molecule is Cc1nnc(C(C)(C)C2CCCNC2)n1C1CC1. The van der Waals surface area contributed by atoms with Gasteiger partial charge >= 0.3 is 0 Å². The maximum absolute atomic E-state index is 4.51. The van der Waals surface area contributed by atoms with Gasteiger partial charge in [0.1, 0.15) is 11.6 Å². The van der Waals surface area contributed by atoms with E-state index in [0.29, 0.717) is 12.0 Å². The molecule has 0 spiro atoms. The molecule has 100 valence electrons. The predicted molar refractivity (Wildman–Crippen MR) is 71.6 cm³/mol. The molecule has 4 nitrogen and oxygen atoms in total. The van der Waals surface area contributed by atoms with Crippen molar-refractivity contribution in [1.29, 1.82) is 0 Å². The van der Waals surface area contributed by atoms with E-state index in [1.807, 2.05) is 0 Å². The van der Waals surface area contributed by atoms with Crippen molar-refractivity contribution < 1.29 is 0 Å². The summed E-state index contributed by atoms with van der Waals surface area (Å²) in [6, 6.07) is 0.672. The summed E-state index contributed by atoms with van der Waals surface area (Å²) in [6.07, 6.45) is 5.18. The molecule has 1 saturated carbocycles. The van der Waals surface area contributed by atoms with Crippen LogP contribution in [0.2, 0.25) is 0 Å². The zero-order chi connectivity index (χ0) is 12.8. The van der Waals surface area contributed by atoms with Crippen molar-refractivity contribution in [3.8, 4) is 0 Å². The van der Waals surface area contributed by atoms with Crippen molar-refractivity contribution in [1.82, 2.24) is 20.1 Å². The molecule has 2 aliphatic rings. The summed E-state index contributed by atoms with van der Waals surface area (Å²) in [4.78, 5) is 0. The van der Waals surface area contributed by atoms with Gasteiger partial charge in [-0.3, -0.25) is 0 Å². The smallest absolute Gasteiger partial charge is 0.139 e. The average Bonchev–Trinajstić information content (AvgIpc) is 3.13. The molecule has 0 radical (unpaired) electrons. The van der Waals surface area contributed by atoms with Crippen LogP contribution in [0, 0.1) is 12.8 Å². The summed E-state index contributed by atoms with van der Waals surface area (Å²) >= 11 is 0. The summed E-state index contributed by atoms with van der Waals surface area (Å²) < 4.78 is 2.40. The lowest BCUT2D eigenvalue weighted by molar-refractivity contribution is 0.235. The normalized spacial score (nSPS) is 25.4. The number of rotatable bonds is 3. The minimum Gasteiger partial charge on any atom is -0.316 e. The Hall–Kier alpha value is -0.900. The van der Waals surface area contributed by atoms with Gasteiger partial charge in [0.15, 0.2) is 0 Å². The van der Waals surface area contributed by atoms with Gasteiger partial charge in [0.25, 0.3) is 0 Å². The second-order valence-electron chi connectivity index (χ2n) is 6.44. The van der Waals surface area contributed by atoms with E-state index < -0.39 is 0 Å². The van der Waals surface area contributed by atoms with Crippen LogP contribution in [-0.4, -0.2) is 27.9 Å². The molecular formula is C14H24N4. The molecule has 0 bridgehead atoms. The first-order valence-electron chi connectivity index (χ1n) is 7.23. The Morgan fingerprint density at radius 3 is 2.61 bits per heavy atom. The highest BCUT2D eigenvalue weighted by Gasteiger charge is 2.39. The predicted octanol–water partition coefficient (Wildman–Crippen LogP) is 2.20. The van der Waals surface area contributed by atoms with E-state index in [0.717, 1.165) is 12.4 Å². The van der Waals surface area contributed by atoms with Gasteiger partial charge in [-0.1, -0.05) is 13.8 Å². The summed E-state index contributed by atoms with van der Waals surface area (Å²) in [7, 11) is 0. The van der Waals surface area contributed by atoms with Gasteiger partial charge in [0.05, 0.1) is 0 Å². The monoisotopic (exact) mass is 248 g/mol. The highest BCUT2D eigenvalue weighted by molar-refractivity contribution is 5.13. The number of aromatic nitrogens is 3. The van der Waals surface area contributed by atoms with Crippen LogP contribution in [0.3, 0.4) is 0 Å². The molecule has 1 saturated heterocycles. The molecular weight excluding hydrogens is 224 g/mol. The van der Waals surface area contributed by atoms with E-state index in [1.54, 1.807) is 0 Å². The molecule has 2 heterocycles. The van der Waals surface area contributed by atoms with Gasteiger partial charge in [0, 0.05) is 11.5 Å². The molecule has 1 aromatic heterocycles. The minimum atomic E-state index is 0.122. The van der Waals surface area contributed by atoms with Crippen molar-refractivity contribution in [2.24, 2.45) is 5.92 Å². The highest BCUT2D eigenvalue weighted by atomic mass is 15.3. The molecule has 0 aromatic carbocycles. The van der Waals surface area contributed by atoms with Crippen LogP contribution in [0.4, 0.5) is 0 Å². The first kappa shape index (κ1) is 12.2. The molecule has 2 fully saturated rings. The van der Waals surface area contributed by atoms with Crippen molar-refractivity contribution in [2.45, 2.75) is 57.9 Å². The molecule has 1 N–H and O–H groups in total. The second-order valence-corrected chi connectivity index (χ2v) is 6.44. The van der Waals surface area contributed by atoms with Gasteiger partial charge in [-0.25, -0.2) is 0 Å². The van der Waals surface area contributed by atoms with E-state index in [4.69, 9.17) is 0 Å². The van der Waals surface area contributed by atoms with E-state index >= 15 is 0 Å². The fourth-order valence-electron chi connectivity index (χ4n) is 3.23. The Bertz CT molecular complexity index is 425. The van der Waals surface area contributed by atoms with Crippen LogP contribution in [0.1, 0.15) is 57.2 Å². The molecule has 1 aliphatic heterocycles. The van der Waals surface area contributed by atoms with Gasteiger partial charge < -0.3 is 9.88 Å². The lowest BCUT2D eigenvalue weighted by Crippen LogP contribution is -2.42. The van der Waals surface area contributed by atoms with Gasteiger partial charge in [-0.2, -0.15) is 0 Å². The minimum absolute atomic E-state index is 0.122. The number of piperidine rings is 1. The van der Waals surface area contributed by atoms with Crippen LogP contribution >= 0.6 is 0 Å². The van der Waals surface area contributed by atoms with Crippen molar-refractivity contribution in [3.63, 3.8) is 0 Å². The summed E-state index contributed by atoms with van der Waals surface area (Å²) in [5.74, 6) is 2.97. The van der Waals surface area contributed by atoms with E-state index in [1.165, 1.54) is 38.1 Å². The summed E-state index contributed by atoms with van der Waals surface area (Å²) in [5.41, 5.74) is 0.122. The van der Waals surface area contributed by atoms with Crippen LogP contribution in [-0.2, 0) is 5.41 Å². The topological polar surface area (TPSA) is 42.7 Å². The maximum Gasteiger partial charge on any atom is 0.139 e. The molecule has 3 rings (SSSR count). The zero-order valence-electron chi connectivity index (χ0n) is 11.7. The van der Waals surface area contributed by atoms with Crippen LogP contribution in [0.25, 0.3) is 0 Å². The number of nitrogens with zero attached hydrogens (tertiary/aromatic N) is 3. The molecule has 1 aromatic rings. The van der Waals surface area contributed by atoms with Gasteiger partial charge in [-0.15, -0.1) is 10.2 Å². The lowest BCUT2D eigenvalue weighted by Gasteiger charge is -2.36. The summed E-state index contributed by atoms with van der Waals surface area (Å²) in [6.45, 7) is 9.05. The van der Waals surface area contributed by atoms with Crippen LogP contribution < -0.4 is 5.32 Å². The molecule has 0 amide bonds. The Morgan fingerprint density at radius 1 is 1.22 bits per heavy atom. The Labute approximate surface area is 109 Å². The Balaban J connectivity index is 1.92. The Morgan fingerprint density at radius 2 is 2.00 bits per heavy atom. The van der Waals surface area contributed by atoms with E-state index in [-0.39, 0.29) is 5.41 Å². The molecule has 18 heavy (non-hydrogen) atoms. The largest absolute Gasteiger partial charge is 0.316 e. The fourth-order valence-corrected chi connectivity index (χ4v) is 3.23. The van der Waals surface area contributed by atoms with E-state index in [9.17, 15) is 0 Å². The quantitative estimate of drug-likeness (QED) is 0.891. The third-order valence-corrected chi connectivity index (χ3v) is 4.67. The number of aryl methyl sites for hydroxylation is 1. The number of hydrogen-bond acceptors (Lipinski definition) is 3. The van der Waals surface area contributed by atoms with Gasteiger partial charge in [0.2, 0.25) is 0 Å².